The Hall–Kier alpha value is -1.01. The highest BCUT2D eigenvalue weighted by molar-refractivity contribution is 5.08. The summed E-state index contributed by atoms with van der Waals surface area (Å²) in [6.45, 7) is 9.69. The Kier molecular flexibility index (Phi) is 9.18. The van der Waals surface area contributed by atoms with Gasteiger partial charge in [0.05, 0.1) is 13.2 Å². The first kappa shape index (κ1) is 16.0. The fourth-order valence-electron chi connectivity index (χ4n) is 1.78. The average Bonchev–Trinajstić information content (AvgIpc) is 2.48. The normalized spacial score (nSPS) is 15.7. The predicted octanol–water partition coefficient (Wildman–Crippen LogP) is 0.468. The van der Waals surface area contributed by atoms with Crippen molar-refractivity contribution in [2.75, 3.05) is 45.9 Å². The monoisotopic (exact) mass is 266 g/mol. The van der Waals surface area contributed by atoms with Crippen LogP contribution >= 0.6 is 0 Å². The van der Waals surface area contributed by atoms with Gasteiger partial charge in [0.2, 0.25) is 0 Å². The van der Waals surface area contributed by atoms with Gasteiger partial charge in [-0.05, 0) is 24.2 Å². The lowest BCUT2D eigenvalue weighted by Crippen LogP contribution is -2.39. The summed E-state index contributed by atoms with van der Waals surface area (Å²) < 4.78 is 5.16. The van der Waals surface area contributed by atoms with E-state index >= 15 is 0 Å². The Balaban J connectivity index is 0.000000191. The molecule has 1 aliphatic rings. The zero-order valence-corrected chi connectivity index (χ0v) is 11.8. The van der Waals surface area contributed by atoms with Gasteiger partial charge in [0.1, 0.15) is 0 Å². The molecule has 0 saturated carbocycles. The SMILES string of the molecule is CCNCc1ccncc1.NCCN1CCOCC1. The van der Waals surface area contributed by atoms with E-state index in [1.165, 1.54) is 5.56 Å². The van der Waals surface area contributed by atoms with Crippen molar-refractivity contribution in [2.24, 2.45) is 5.73 Å². The molecule has 2 rings (SSSR count). The summed E-state index contributed by atoms with van der Waals surface area (Å²) in [5.74, 6) is 0. The highest BCUT2D eigenvalue weighted by Gasteiger charge is 2.07. The van der Waals surface area contributed by atoms with Gasteiger partial charge in [-0.1, -0.05) is 6.92 Å². The smallest absolute Gasteiger partial charge is 0.0594 e. The van der Waals surface area contributed by atoms with Crippen LogP contribution in [0.5, 0.6) is 0 Å². The molecule has 0 aliphatic carbocycles. The van der Waals surface area contributed by atoms with Crippen molar-refractivity contribution >= 4 is 0 Å². The molecule has 0 atom stereocenters. The number of pyridine rings is 1. The van der Waals surface area contributed by atoms with Gasteiger partial charge in [0, 0.05) is 45.1 Å². The van der Waals surface area contributed by atoms with Crippen molar-refractivity contribution in [2.45, 2.75) is 13.5 Å². The molecular formula is C14H26N4O. The van der Waals surface area contributed by atoms with Crippen molar-refractivity contribution in [3.63, 3.8) is 0 Å². The van der Waals surface area contributed by atoms with Gasteiger partial charge in [-0.15, -0.1) is 0 Å². The Morgan fingerprint density at radius 1 is 1.32 bits per heavy atom. The van der Waals surface area contributed by atoms with Crippen LogP contribution in [0.15, 0.2) is 24.5 Å². The summed E-state index contributed by atoms with van der Waals surface area (Å²) in [4.78, 5) is 6.25. The number of morpholine rings is 1. The molecule has 3 N–H and O–H groups in total. The van der Waals surface area contributed by atoms with Crippen LogP contribution in [0, 0.1) is 0 Å². The Bertz CT molecular complexity index is 299. The van der Waals surface area contributed by atoms with Gasteiger partial charge in [-0.3, -0.25) is 9.88 Å². The molecule has 0 radical (unpaired) electrons. The molecule has 1 aromatic heterocycles. The molecule has 108 valence electrons. The van der Waals surface area contributed by atoms with E-state index < -0.39 is 0 Å². The Labute approximate surface area is 116 Å². The Morgan fingerprint density at radius 2 is 2.00 bits per heavy atom. The topological polar surface area (TPSA) is 63.4 Å². The van der Waals surface area contributed by atoms with Gasteiger partial charge < -0.3 is 15.8 Å². The fourth-order valence-corrected chi connectivity index (χ4v) is 1.78. The molecule has 0 unspecified atom stereocenters. The minimum atomic E-state index is 0.764. The van der Waals surface area contributed by atoms with Crippen LogP contribution in [0.1, 0.15) is 12.5 Å². The van der Waals surface area contributed by atoms with Crippen LogP contribution in [-0.2, 0) is 11.3 Å². The number of nitrogens with two attached hydrogens (primary N) is 1. The van der Waals surface area contributed by atoms with Crippen molar-refractivity contribution in [3.05, 3.63) is 30.1 Å². The third kappa shape index (κ3) is 7.89. The number of hydrogen-bond donors (Lipinski definition) is 2. The van der Waals surface area contributed by atoms with Crippen molar-refractivity contribution < 1.29 is 4.74 Å². The van der Waals surface area contributed by atoms with E-state index in [0.717, 1.165) is 52.5 Å². The maximum absolute atomic E-state index is 5.38. The van der Waals surface area contributed by atoms with Gasteiger partial charge in [0.15, 0.2) is 0 Å². The van der Waals surface area contributed by atoms with Gasteiger partial charge in [-0.2, -0.15) is 0 Å². The summed E-state index contributed by atoms with van der Waals surface area (Å²) in [5, 5.41) is 3.24. The van der Waals surface area contributed by atoms with Gasteiger partial charge in [0.25, 0.3) is 0 Å². The minimum absolute atomic E-state index is 0.764. The summed E-state index contributed by atoms with van der Waals surface area (Å²) in [6.07, 6.45) is 3.62. The zero-order valence-electron chi connectivity index (χ0n) is 11.8. The van der Waals surface area contributed by atoms with E-state index in [0.29, 0.717) is 0 Å². The minimum Gasteiger partial charge on any atom is -0.379 e. The molecule has 2 heterocycles. The van der Waals surface area contributed by atoms with Crippen molar-refractivity contribution in [1.82, 2.24) is 15.2 Å². The highest BCUT2D eigenvalue weighted by atomic mass is 16.5. The Morgan fingerprint density at radius 3 is 2.58 bits per heavy atom. The lowest BCUT2D eigenvalue weighted by Gasteiger charge is -2.25. The molecule has 1 saturated heterocycles. The lowest BCUT2D eigenvalue weighted by atomic mass is 10.3. The number of hydrogen-bond acceptors (Lipinski definition) is 5. The average molecular weight is 266 g/mol. The summed E-state index contributed by atoms with van der Waals surface area (Å²) >= 11 is 0. The van der Waals surface area contributed by atoms with E-state index in [1.807, 2.05) is 24.5 Å². The number of aromatic nitrogens is 1. The first-order chi connectivity index (χ1) is 9.36. The van der Waals surface area contributed by atoms with E-state index in [2.05, 4.69) is 22.1 Å². The molecule has 0 aromatic carbocycles. The molecule has 1 aliphatic heterocycles. The van der Waals surface area contributed by atoms with E-state index in [-0.39, 0.29) is 0 Å². The van der Waals surface area contributed by atoms with Crippen molar-refractivity contribution in [3.8, 4) is 0 Å². The maximum Gasteiger partial charge on any atom is 0.0594 e. The standard InChI is InChI=1S/C8H12N2.C6H14N2O/c1-2-9-7-8-3-5-10-6-4-8;7-1-2-8-3-5-9-6-4-8/h3-6,9H,2,7H2,1H3;1-7H2. The van der Waals surface area contributed by atoms with Crippen molar-refractivity contribution in [1.29, 1.82) is 0 Å². The quantitative estimate of drug-likeness (QED) is 0.811. The third-order valence-corrected chi connectivity index (χ3v) is 2.88. The predicted molar refractivity (Wildman–Crippen MR) is 77.9 cm³/mol. The zero-order chi connectivity index (χ0) is 13.8. The summed E-state index contributed by atoms with van der Waals surface area (Å²) in [5.41, 5.74) is 6.67. The second-order valence-electron chi connectivity index (χ2n) is 4.38. The number of ether oxygens (including phenoxy) is 1. The van der Waals surface area contributed by atoms with Crippen LogP contribution in [0.4, 0.5) is 0 Å². The molecule has 5 heteroatoms. The van der Waals surface area contributed by atoms with Crippen LogP contribution in [-0.4, -0.2) is 55.8 Å². The number of nitrogens with one attached hydrogen (secondary N) is 1. The van der Waals surface area contributed by atoms with Crippen LogP contribution in [0.3, 0.4) is 0 Å². The first-order valence-corrected chi connectivity index (χ1v) is 6.96. The second kappa shape index (κ2) is 10.9. The fraction of sp³-hybridized carbons (Fsp3) is 0.643. The summed E-state index contributed by atoms with van der Waals surface area (Å²) in [7, 11) is 0. The van der Waals surface area contributed by atoms with Crippen LogP contribution in [0.25, 0.3) is 0 Å². The summed E-state index contributed by atoms with van der Waals surface area (Å²) in [6, 6.07) is 4.03. The molecule has 1 fully saturated rings. The molecule has 1 aromatic rings. The molecule has 5 nitrogen and oxygen atoms in total. The van der Waals surface area contributed by atoms with Crippen LogP contribution in [0.2, 0.25) is 0 Å². The number of rotatable bonds is 5. The van der Waals surface area contributed by atoms with E-state index in [1.54, 1.807) is 0 Å². The second-order valence-corrected chi connectivity index (χ2v) is 4.38. The van der Waals surface area contributed by atoms with E-state index in [4.69, 9.17) is 10.5 Å². The van der Waals surface area contributed by atoms with Gasteiger partial charge >= 0.3 is 0 Å². The first-order valence-electron chi connectivity index (χ1n) is 6.96. The maximum atomic E-state index is 5.38. The lowest BCUT2D eigenvalue weighted by molar-refractivity contribution is 0.0394. The van der Waals surface area contributed by atoms with Crippen LogP contribution < -0.4 is 11.1 Å². The molecule has 19 heavy (non-hydrogen) atoms. The largest absolute Gasteiger partial charge is 0.379 e. The number of nitrogens with zero attached hydrogens (tertiary/aromatic N) is 2. The molecule has 0 bridgehead atoms. The molecule has 0 amide bonds. The highest BCUT2D eigenvalue weighted by Crippen LogP contribution is 1.94. The molecule has 0 spiro atoms. The molecular weight excluding hydrogens is 240 g/mol. The van der Waals surface area contributed by atoms with E-state index in [9.17, 15) is 0 Å². The van der Waals surface area contributed by atoms with Gasteiger partial charge in [-0.25, -0.2) is 0 Å². The third-order valence-electron chi connectivity index (χ3n) is 2.88.